The maximum Gasteiger partial charge on any atom is 0.232 e. The molecule has 4 heterocycles. The fourth-order valence-electron chi connectivity index (χ4n) is 5.77. The predicted octanol–water partition coefficient (Wildman–Crippen LogP) is 5.53. The molecule has 3 aromatic heterocycles. The fraction of sp³-hybridized carbons (Fsp3) is 0.355. The molecule has 1 aliphatic carbocycles. The Morgan fingerprint density at radius 2 is 1.98 bits per heavy atom. The average Bonchev–Trinajstić information content (AvgIpc) is 3.61. The van der Waals surface area contributed by atoms with Crippen LogP contribution in [0.15, 0.2) is 40.9 Å². The van der Waals surface area contributed by atoms with E-state index in [0.29, 0.717) is 71.6 Å². The maximum atomic E-state index is 11.7. The first-order valence-corrected chi connectivity index (χ1v) is 14.2. The van der Waals surface area contributed by atoms with Gasteiger partial charge in [-0.15, -0.1) is 0 Å². The van der Waals surface area contributed by atoms with Crippen LogP contribution in [0.1, 0.15) is 48.9 Å². The number of aliphatic hydroxyl groups is 1. The number of hydrogen-bond donors (Lipinski definition) is 3. The van der Waals surface area contributed by atoms with Crippen LogP contribution in [0.25, 0.3) is 33.3 Å². The SMILES string of the molecule is COc1c(Nc2nc(O[C@H]3CC[C@@](C)(O)CC3)c3c(-c4ccc5nc(C)oc5c4)c[nH]c3n2)ccc(C=O)c1N1CC1. The van der Waals surface area contributed by atoms with E-state index < -0.39 is 5.60 Å². The number of nitrogens with zero attached hydrogens (tertiary/aromatic N) is 4. The molecule has 216 valence electrons. The van der Waals surface area contributed by atoms with Crippen LogP contribution < -0.4 is 19.7 Å². The van der Waals surface area contributed by atoms with Gasteiger partial charge in [0.2, 0.25) is 11.8 Å². The van der Waals surface area contributed by atoms with Gasteiger partial charge in [-0.25, -0.2) is 4.98 Å². The number of anilines is 3. The number of aldehydes is 1. The van der Waals surface area contributed by atoms with Gasteiger partial charge in [-0.2, -0.15) is 9.97 Å². The third-order valence-electron chi connectivity index (χ3n) is 8.10. The lowest BCUT2D eigenvalue weighted by molar-refractivity contribution is -0.0114. The van der Waals surface area contributed by atoms with Crippen molar-refractivity contribution in [2.45, 2.75) is 51.2 Å². The molecule has 0 atom stereocenters. The minimum Gasteiger partial charge on any atom is -0.492 e. The Hall–Kier alpha value is -4.64. The molecule has 42 heavy (non-hydrogen) atoms. The number of fused-ring (bicyclic) bond motifs is 2. The van der Waals surface area contributed by atoms with Gasteiger partial charge in [0.25, 0.3) is 0 Å². The molecule has 2 fully saturated rings. The van der Waals surface area contributed by atoms with Crippen molar-refractivity contribution in [2.75, 3.05) is 30.4 Å². The van der Waals surface area contributed by atoms with Crippen LogP contribution in [0.4, 0.5) is 17.3 Å². The highest BCUT2D eigenvalue weighted by atomic mass is 16.5. The maximum absolute atomic E-state index is 11.7. The summed E-state index contributed by atoms with van der Waals surface area (Å²) in [6.45, 7) is 5.42. The van der Waals surface area contributed by atoms with Crippen LogP contribution in [-0.2, 0) is 0 Å². The summed E-state index contributed by atoms with van der Waals surface area (Å²) in [6, 6.07) is 9.45. The molecule has 11 nitrogen and oxygen atoms in total. The first-order valence-electron chi connectivity index (χ1n) is 14.2. The number of carbonyl (C=O) groups is 1. The lowest BCUT2D eigenvalue weighted by Crippen LogP contribution is -2.35. The number of aromatic nitrogens is 4. The van der Waals surface area contributed by atoms with Gasteiger partial charge in [-0.05, 0) is 62.4 Å². The second-order valence-electron chi connectivity index (χ2n) is 11.3. The van der Waals surface area contributed by atoms with E-state index in [-0.39, 0.29) is 6.10 Å². The van der Waals surface area contributed by atoms with Gasteiger partial charge in [0.05, 0.1) is 29.5 Å². The standard InChI is InChI=1S/C31H32N6O5/c1-17-33-22-6-4-18(14-24(22)41-17)21-15-32-28-25(21)29(42-20-8-10-31(2,39)11-9-20)36-30(35-28)34-23-7-5-19(16-38)26(27(23)40-3)37-12-13-37/h4-7,14-16,20,39H,8-13H2,1-3H3,(H2,32,34,35,36)/t20-,31+. The van der Waals surface area contributed by atoms with Crippen LogP contribution in [-0.4, -0.2) is 63.2 Å². The van der Waals surface area contributed by atoms with Crippen LogP contribution in [0, 0.1) is 6.92 Å². The Morgan fingerprint density at radius 1 is 1.17 bits per heavy atom. The molecule has 11 heteroatoms. The van der Waals surface area contributed by atoms with Gasteiger partial charge in [0.15, 0.2) is 23.5 Å². The fourth-order valence-corrected chi connectivity index (χ4v) is 5.77. The molecule has 0 radical (unpaired) electrons. The number of ether oxygens (including phenoxy) is 2. The Labute approximate surface area is 241 Å². The van der Waals surface area contributed by atoms with Gasteiger partial charge in [-0.1, -0.05) is 6.07 Å². The van der Waals surface area contributed by atoms with Gasteiger partial charge in [-0.3, -0.25) is 4.79 Å². The lowest BCUT2D eigenvalue weighted by Gasteiger charge is -2.33. The number of benzene rings is 2. The van der Waals surface area contributed by atoms with Gasteiger partial charge in [0, 0.05) is 37.3 Å². The zero-order chi connectivity index (χ0) is 29.0. The molecule has 3 N–H and O–H groups in total. The number of oxazole rings is 1. The van der Waals surface area contributed by atoms with E-state index in [4.69, 9.17) is 23.9 Å². The molecule has 1 aliphatic heterocycles. The predicted molar refractivity (Wildman–Crippen MR) is 159 cm³/mol. The van der Waals surface area contributed by atoms with Crippen LogP contribution in [0.2, 0.25) is 0 Å². The first kappa shape index (κ1) is 26.3. The monoisotopic (exact) mass is 568 g/mol. The quantitative estimate of drug-likeness (QED) is 0.162. The summed E-state index contributed by atoms with van der Waals surface area (Å²) in [5.41, 5.74) is 5.16. The highest BCUT2D eigenvalue weighted by molar-refractivity contribution is 5.99. The van der Waals surface area contributed by atoms with E-state index >= 15 is 0 Å². The number of aromatic amines is 1. The largest absolute Gasteiger partial charge is 0.492 e. The highest BCUT2D eigenvalue weighted by Gasteiger charge is 2.31. The number of H-pyrrole nitrogens is 1. The Balaban J connectivity index is 1.31. The minimum absolute atomic E-state index is 0.103. The topological polar surface area (TPSA) is 138 Å². The summed E-state index contributed by atoms with van der Waals surface area (Å²) in [7, 11) is 1.59. The van der Waals surface area contributed by atoms with E-state index in [1.165, 1.54) is 0 Å². The number of methoxy groups -OCH3 is 1. The molecule has 2 aromatic carbocycles. The van der Waals surface area contributed by atoms with E-state index in [1.54, 1.807) is 19.2 Å². The van der Waals surface area contributed by atoms with E-state index in [1.807, 2.05) is 38.2 Å². The molecule has 1 saturated heterocycles. The highest BCUT2D eigenvalue weighted by Crippen LogP contribution is 2.43. The van der Waals surface area contributed by atoms with Crippen molar-refractivity contribution in [3.05, 3.63) is 48.0 Å². The molecule has 0 bridgehead atoms. The first-order chi connectivity index (χ1) is 20.3. The lowest BCUT2D eigenvalue weighted by atomic mass is 9.85. The Bertz CT molecular complexity index is 1810. The molecule has 0 spiro atoms. The van der Waals surface area contributed by atoms with Crippen molar-refractivity contribution in [3.63, 3.8) is 0 Å². The van der Waals surface area contributed by atoms with E-state index in [0.717, 1.165) is 47.1 Å². The number of aryl methyl sites for hydroxylation is 1. The second kappa shape index (κ2) is 10.0. The smallest absolute Gasteiger partial charge is 0.232 e. The molecular formula is C31H32N6O5. The molecule has 0 unspecified atom stereocenters. The molecule has 7 rings (SSSR count). The van der Waals surface area contributed by atoms with Crippen LogP contribution >= 0.6 is 0 Å². The molecule has 0 amide bonds. The number of carbonyl (C=O) groups excluding carboxylic acids is 1. The van der Waals surface area contributed by atoms with Crippen molar-refractivity contribution in [1.82, 2.24) is 19.9 Å². The van der Waals surface area contributed by atoms with Crippen LogP contribution in [0.3, 0.4) is 0 Å². The van der Waals surface area contributed by atoms with Gasteiger partial charge in [0.1, 0.15) is 17.3 Å². The minimum atomic E-state index is -0.684. The van der Waals surface area contributed by atoms with Crippen molar-refractivity contribution in [1.29, 1.82) is 0 Å². The average molecular weight is 569 g/mol. The summed E-state index contributed by atoms with van der Waals surface area (Å²) in [5.74, 6) is 1.92. The summed E-state index contributed by atoms with van der Waals surface area (Å²) in [4.78, 5) is 31.2. The van der Waals surface area contributed by atoms with Gasteiger partial charge >= 0.3 is 0 Å². The van der Waals surface area contributed by atoms with E-state index in [9.17, 15) is 9.90 Å². The van der Waals surface area contributed by atoms with Crippen molar-refractivity contribution >= 4 is 45.7 Å². The number of rotatable bonds is 8. The Morgan fingerprint density at radius 3 is 2.71 bits per heavy atom. The molecule has 1 saturated carbocycles. The van der Waals surface area contributed by atoms with Crippen molar-refractivity contribution < 1.29 is 23.8 Å². The number of hydrogen-bond acceptors (Lipinski definition) is 10. The third kappa shape index (κ3) is 4.79. The summed E-state index contributed by atoms with van der Waals surface area (Å²) < 4.78 is 18.1. The third-order valence-corrected chi connectivity index (χ3v) is 8.10. The van der Waals surface area contributed by atoms with Crippen LogP contribution in [0.5, 0.6) is 11.6 Å². The van der Waals surface area contributed by atoms with Crippen molar-refractivity contribution in [2.24, 2.45) is 0 Å². The van der Waals surface area contributed by atoms with Gasteiger partial charge < -0.3 is 34.2 Å². The normalized spacial score (nSPS) is 20.2. The molecule has 2 aliphatic rings. The molecule has 5 aromatic rings. The summed E-state index contributed by atoms with van der Waals surface area (Å²) in [5, 5.41) is 14.5. The summed E-state index contributed by atoms with van der Waals surface area (Å²) in [6.07, 6.45) is 5.36. The molecular weight excluding hydrogens is 536 g/mol. The van der Waals surface area contributed by atoms with Crippen molar-refractivity contribution in [3.8, 4) is 22.8 Å². The zero-order valence-electron chi connectivity index (χ0n) is 23.7. The number of nitrogens with one attached hydrogen (secondary N) is 2. The second-order valence-corrected chi connectivity index (χ2v) is 11.3. The van der Waals surface area contributed by atoms with E-state index in [2.05, 4.69) is 20.2 Å². The zero-order valence-corrected chi connectivity index (χ0v) is 23.7. The Kier molecular flexibility index (Phi) is 6.27. The summed E-state index contributed by atoms with van der Waals surface area (Å²) >= 11 is 0.